The molecule has 23 heavy (non-hydrogen) atoms. The van der Waals surface area contributed by atoms with E-state index in [0.29, 0.717) is 17.3 Å². The predicted octanol–water partition coefficient (Wildman–Crippen LogP) is 1.10. The molecule has 7 nitrogen and oxygen atoms in total. The summed E-state index contributed by atoms with van der Waals surface area (Å²) in [7, 11) is 0. The summed E-state index contributed by atoms with van der Waals surface area (Å²) in [6.07, 6.45) is 1.18. The van der Waals surface area contributed by atoms with Gasteiger partial charge in [-0.2, -0.15) is 11.8 Å². The predicted molar refractivity (Wildman–Crippen MR) is 88.5 cm³/mol. The molecule has 3 rings (SSSR count). The number of carboxylic acid groups (broad SMARTS) is 1. The van der Waals surface area contributed by atoms with Crippen molar-refractivity contribution in [1.29, 1.82) is 0 Å². The van der Waals surface area contributed by atoms with Gasteiger partial charge in [-0.1, -0.05) is 0 Å². The highest BCUT2D eigenvalue weighted by Crippen LogP contribution is 2.21. The number of aromatic nitrogens is 2. The fourth-order valence-corrected chi connectivity index (χ4v) is 4.51. The Kier molecular flexibility index (Phi) is 4.40. The van der Waals surface area contributed by atoms with Gasteiger partial charge in [0.25, 0.3) is 11.5 Å². The molecule has 1 amide bonds. The van der Waals surface area contributed by atoms with Gasteiger partial charge in [-0.25, -0.2) is 4.98 Å². The van der Waals surface area contributed by atoms with Gasteiger partial charge >= 0.3 is 5.97 Å². The first-order valence-electron chi connectivity index (χ1n) is 7.05. The first-order chi connectivity index (χ1) is 11.0. The second-order valence-corrected chi connectivity index (χ2v) is 7.28. The molecule has 0 radical (unpaired) electrons. The highest BCUT2D eigenvalue weighted by atomic mass is 32.2. The van der Waals surface area contributed by atoms with Gasteiger partial charge in [-0.3, -0.25) is 18.8 Å². The Morgan fingerprint density at radius 1 is 1.48 bits per heavy atom. The van der Waals surface area contributed by atoms with Crippen molar-refractivity contribution in [2.45, 2.75) is 19.4 Å². The average Bonchev–Trinajstić information content (AvgIpc) is 2.89. The molecule has 1 atom stereocenters. The van der Waals surface area contributed by atoms with Crippen molar-refractivity contribution in [1.82, 2.24) is 14.3 Å². The van der Waals surface area contributed by atoms with Gasteiger partial charge in [-0.15, -0.1) is 11.3 Å². The van der Waals surface area contributed by atoms with Crippen LogP contribution in [0.4, 0.5) is 0 Å². The Hall–Kier alpha value is -1.87. The Morgan fingerprint density at radius 3 is 3.00 bits per heavy atom. The Bertz CT molecular complexity index is 829. The largest absolute Gasteiger partial charge is 0.481 e. The first-order valence-corrected chi connectivity index (χ1v) is 9.09. The fraction of sp³-hybridized carbons (Fsp3) is 0.429. The topological polar surface area (TPSA) is 92.0 Å². The van der Waals surface area contributed by atoms with Crippen molar-refractivity contribution >= 4 is 39.9 Å². The first kappa shape index (κ1) is 16.0. The van der Waals surface area contributed by atoms with Gasteiger partial charge in [-0.05, 0) is 6.92 Å². The van der Waals surface area contributed by atoms with Gasteiger partial charge < -0.3 is 10.0 Å². The van der Waals surface area contributed by atoms with Crippen LogP contribution in [0, 0.1) is 6.92 Å². The van der Waals surface area contributed by atoms with E-state index in [1.165, 1.54) is 26.8 Å². The van der Waals surface area contributed by atoms with E-state index >= 15 is 0 Å². The minimum Gasteiger partial charge on any atom is -0.481 e. The van der Waals surface area contributed by atoms with E-state index in [0.717, 1.165) is 11.4 Å². The molecule has 9 heteroatoms. The standard InChI is InChI=1S/C14H15N3O4S2/c1-8-6-23-14-15-5-10(13(21)17(8)14)12(20)16-2-3-22-7-9(16)4-11(18)19/h5-6,9H,2-4,7H2,1H3,(H,18,19). The fourth-order valence-electron chi connectivity index (χ4n) is 2.62. The molecular formula is C14H15N3O4S2. The lowest BCUT2D eigenvalue weighted by atomic mass is 10.1. The van der Waals surface area contributed by atoms with Crippen LogP contribution in [-0.2, 0) is 4.79 Å². The molecule has 0 bridgehead atoms. The molecule has 0 spiro atoms. The molecule has 1 aliphatic rings. The number of rotatable bonds is 3. The number of fused-ring (bicyclic) bond motifs is 1. The van der Waals surface area contributed by atoms with Crippen LogP contribution in [0.15, 0.2) is 16.4 Å². The maximum absolute atomic E-state index is 12.8. The number of hydrogen-bond acceptors (Lipinski definition) is 6. The van der Waals surface area contributed by atoms with E-state index < -0.39 is 23.5 Å². The third-order valence-corrected chi connectivity index (χ3v) is 5.80. The van der Waals surface area contributed by atoms with Crippen molar-refractivity contribution < 1.29 is 14.7 Å². The molecular weight excluding hydrogens is 338 g/mol. The number of carboxylic acids is 1. The monoisotopic (exact) mass is 353 g/mol. The second kappa shape index (κ2) is 6.32. The van der Waals surface area contributed by atoms with Crippen LogP contribution in [0.1, 0.15) is 22.5 Å². The lowest BCUT2D eigenvalue weighted by Crippen LogP contribution is -2.48. The lowest BCUT2D eigenvalue weighted by molar-refractivity contribution is -0.138. The van der Waals surface area contributed by atoms with Crippen molar-refractivity contribution in [3.05, 3.63) is 33.2 Å². The maximum Gasteiger partial charge on any atom is 0.305 e. The van der Waals surface area contributed by atoms with Crippen LogP contribution in [0.3, 0.4) is 0 Å². The summed E-state index contributed by atoms with van der Waals surface area (Å²) in [5, 5.41) is 10.8. The SMILES string of the molecule is Cc1csc2ncc(C(=O)N3CCSCC3CC(=O)O)c(=O)n12. The van der Waals surface area contributed by atoms with E-state index in [-0.39, 0.29) is 12.0 Å². The van der Waals surface area contributed by atoms with E-state index in [1.807, 2.05) is 5.38 Å². The van der Waals surface area contributed by atoms with Gasteiger partial charge in [0.2, 0.25) is 0 Å². The van der Waals surface area contributed by atoms with Crippen molar-refractivity contribution in [3.63, 3.8) is 0 Å². The smallest absolute Gasteiger partial charge is 0.305 e. The lowest BCUT2D eigenvalue weighted by Gasteiger charge is -2.34. The van der Waals surface area contributed by atoms with E-state index in [9.17, 15) is 14.4 Å². The molecule has 122 valence electrons. The molecule has 3 heterocycles. The Balaban J connectivity index is 1.98. The average molecular weight is 353 g/mol. The molecule has 0 aliphatic carbocycles. The molecule has 0 aromatic carbocycles. The van der Waals surface area contributed by atoms with Gasteiger partial charge in [0, 0.05) is 35.3 Å². The number of carbonyl (C=O) groups is 2. The Labute approximate surface area is 139 Å². The van der Waals surface area contributed by atoms with Gasteiger partial charge in [0.1, 0.15) is 5.56 Å². The van der Waals surface area contributed by atoms with Crippen molar-refractivity contribution in [2.75, 3.05) is 18.1 Å². The molecule has 1 unspecified atom stereocenters. The van der Waals surface area contributed by atoms with Crippen molar-refractivity contribution in [2.24, 2.45) is 0 Å². The summed E-state index contributed by atoms with van der Waals surface area (Å²) in [6.45, 7) is 2.22. The number of nitrogens with zero attached hydrogens (tertiary/aromatic N) is 3. The third-order valence-electron chi connectivity index (χ3n) is 3.75. The summed E-state index contributed by atoms with van der Waals surface area (Å²) in [4.78, 5) is 42.6. The molecule has 1 fully saturated rings. The number of thioether (sulfide) groups is 1. The quantitative estimate of drug-likeness (QED) is 0.888. The van der Waals surface area contributed by atoms with Gasteiger partial charge in [0.05, 0.1) is 12.5 Å². The van der Waals surface area contributed by atoms with Crippen LogP contribution in [0.2, 0.25) is 0 Å². The number of amides is 1. The highest BCUT2D eigenvalue weighted by molar-refractivity contribution is 7.99. The number of carbonyl (C=O) groups excluding carboxylic acids is 1. The minimum atomic E-state index is -0.950. The minimum absolute atomic E-state index is 0.00807. The van der Waals surface area contributed by atoms with Crippen LogP contribution < -0.4 is 5.56 Å². The van der Waals surface area contributed by atoms with Crippen LogP contribution in [-0.4, -0.2) is 55.4 Å². The second-order valence-electron chi connectivity index (χ2n) is 5.30. The molecule has 2 aromatic heterocycles. The number of thiazole rings is 1. The summed E-state index contributed by atoms with van der Waals surface area (Å²) < 4.78 is 1.42. The zero-order valence-electron chi connectivity index (χ0n) is 12.4. The molecule has 1 N–H and O–H groups in total. The zero-order valence-corrected chi connectivity index (χ0v) is 14.0. The molecule has 2 aromatic rings. The number of hydrogen-bond donors (Lipinski definition) is 1. The normalized spacial score (nSPS) is 18.3. The summed E-state index contributed by atoms with van der Waals surface area (Å²) >= 11 is 2.96. The summed E-state index contributed by atoms with van der Waals surface area (Å²) in [5.74, 6) is -0.0913. The zero-order chi connectivity index (χ0) is 16.6. The van der Waals surface area contributed by atoms with Crippen LogP contribution >= 0.6 is 23.1 Å². The molecule has 1 aliphatic heterocycles. The summed E-state index contributed by atoms with van der Waals surface area (Å²) in [5.41, 5.74) is 0.325. The van der Waals surface area contributed by atoms with Gasteiger partial charge in [0.15, 0.2) is 4.96 Å². The number of aryl methyl sites for hydroxylation is 1. The molecule has 0 saturated carbocycles. The van der Waals surface area contributed by atoms with E-state index in [4.69, 9.17) is 5.11 Å². The Morgan fingerprint density at radius 2 is 2.26 bits per heavy atom. The van der Waals surface area contributed by atoms with E-state index in [1.54, 1.807) is 18.7 Å². The summed E-state index contributed by atoms with van der Waals surface area (Å²) in [6, 6.07) is -0.401. The van der Waals surface area contributed by atoms with Crippen LogP contribution in [0.5, 0.6) is 0 Å². The maximum atomic E-state index is 12.8. The number of aliphatic carboxylic acids is 1. The van der Waals surface area contributed by atoms with E-state index in [2.05, 4.69) is 4.98 Å². The third kappa shape index (κ3) is 2.98. The highest BCUT2D eigenvalue weighted by Gasteiger charge is 2.31. The van der Waals surface area contributed by atoms with Crippen LogP contribution in [0.25, 0.3) is 4.96 Å². The van der Waals surface area contributed by atoms with Crippen molar-refractivity contribution in [3.8, 4) is 0 Å². The molecule has 1 saturated heterocycles.